The van der Waals surface area contributed by atoms with Crippen molar-refractivity contribution >= 4 is 11.7 Å². The Morgan fingerprint density at radius 1 is 1.46 bits per heavy atom. The summed E-state index contributed by atoms with van der Waals surface area (Å²) in [6, 6.07) is 6.62. The topological polar surface area (TPSA) is 84.8 Å². The highest BCUT2D eigenvalue weighted by Crippen LogP contribution is 2.45. The first kappa shape index (κ1) is 16.6. The lowest BCUT2D eigenvalue weighted by Gasteiger charge is -2.40. The molecular formula is C19H20FN5O. The number of amides is 1. The molecule has 1 spiro atoms. The highest BCUT2D eigenvalue weighted by atomic mass is 19.1. The van der Waals surface area contributed by atoms with Gasteiger partial charge >= 0.3 is 0 Å². The third kappa shape index (κ3) is 2.62. The van der Waals surface area contributed by atoms with E-state index in [4.69, 9.17) is 5.26 Å². The van der Waals surface area contributed by atoms with Gasteiger partial charge in [0, 0.05) is 18.9 Å². The number of aromatic nitrogens is 2. The van der Waals surface area contributed by atoms with E-state index in [0.717, 1.165) is 32.1 Å². The van der Waals surface area contributed by atoms with Gasteiger partial charge in [0.15, 0.2) is 11.6 Å². The molecule has 3 heterocycles. The minimum Gasteiger partial charge on any atom is -0.357 e. The van der Waals surface area contributed by atoms with Crippen LogP contribution in [0.3, 0.4) is 0 Å². The van der Waals surface area contributed by atoms with Crippen LogP contribution in [-0.2, 0) is 0 Å². The van der Waals surface area contributed by atoms with E-state index in [2.05, 4.69) is 15.3 Å². The average molecular weight is 353 g/mol. The summed E-state index contributed by atoms with van der Waals surface area (Å²) < 4.78 is 14.6. The van der Waals surface area contributed by atoms with Crippen LogP contribution in [0.15, 0.2) is 30.6 Å². The van der Waals surface area contributed by atoms with Gasteiger partial charge < -0.3 is 15.2 Å². The number of aromatic amines is 1. The first-order valence-corrected chi connectivity index (χ1v) is 8.91. The molecule has 2 N–H and O–H groups in total. The van der Waals surface area contributed by atoms with Crippen LogP contribution in [0.25, 0.3) is 0 Å². The summed E-state index contributed by atoms with van der Waals surface area (Å²) in [4.78, 5) is 21.7. The van der Waals surface area contributed by atoms with Gasteiger partial charge in [0.25, 0.3) is 5.91 Å². The second-order valence-corrected chi connectivity index (χ2v) is 7.00. The van der Waals surface area contributed by atoms with Gasteiger partial charge in [-0.15, -0.1) is 0 Å². The molecule has 0 aromatic carbocycles. The summed E-state index contributed by atoms with van der Waals surface area (Å²) in [7, 11) is 0. The number of H-pyrrole nitrogens is 1. The van der Waals surface area contributed by atoms with Gasteiger partial charge in [-0.1, -0.05) is 12.8 Å². The summed E-state index contributed by atoms with van der Waals surface area (Å²) in [5, 5.41) is 12.1. The van der Waals surface area contributed by atoms with E-state index in [1.54, 1.807) is 18.3 Å². The number of anilines is 1. The molecule has 2 aromatic heterocycles. The molecule has 0 radical (unpaired) electrons. The fourth-order valence-electron chi connectivity index (χ4n) is 4.46. The van der Waals surface area contributed by atoms with Crippen molar-refractivity contribution < 1.29 is 9.18 Å². The summed E-state index contributed by atoms with van der Waals surface area (Å²) in [6.07, 6.45) is 7.75. The number of nitrogens with zero attached hydrogens (tertiary/aromatic N) is 3. The van der Waals surface area contributed by atoms with Crippen LogP contribution in [0.5, 0.6) is 0 Å². The van der Waals surface area contributed by atoms with Crippen molar-refractivity contribution in [2.24, 2.45) is 0 Å². The van der Waals surface area contributed by atoms with Crippen LogP contribution < -0.4 is 10.2 Å². The SMILES string of the molecule is N#Cc1cnc(N2CCC(NC(=O)c3ccc[nH]3)C23CCCC3)c(F)c1. The minimum atomic E-state index is -0.480. The summed E-state index contributed by atoms with van der Waals surface area (Å²) in [5.41, 5.74) is 0.423. The predicted molar refractivity (Wildman–Crippen MR) is 94.1 cm³/mol. The number of rotatable bonds is 3. The second kappa shape index (κ2) is 6.45. The van der Waals surface area contributed by atoms with E-state index >= 15 is 0 Å². The predicted octanol–water partition coefficient (Wildman–Crippen LogP) is 2.74. The van der Waals surface area contributed by atoms with Crippen molar-refractivity contribution in [3.63, 3.8) is 0 Å². The first-order chi connectivity index (χ1) is 12.6. The maximum Gasteiger partial charge on any atom is 0.267 e. The second-order valence-electron chi connectivity index (χ2n) is 7.00. The van der Waals surface area contributed by atoms with Crippen LogP contribution >= 0.6 is 0 Å². The number of hydrogen-bond acceptors (Lipinski definition) is 4. The van der Waals surface area contributed by atoms with E-state index < -0.39 is 5.82 Å². The van der Waals surface area contributed by atoms with E-state index in [9.17, 15) is 9.18 Å². The van der Waals surface area contributed by atoms with Gasteiger partial charge in [0.05, 0.1) is 17.1 Å². The van der Waals surface area contributed by atoms with Crippen LogP contribution in [0.1, 0.15) is 48.2 Å². The number of carbonyl (C=O) groups excluding carboxylic acids is 1. The Kier molecular flexibility index (Phi) is 4.11. The molecule has 1 aliphatic carbocycles. The molecule has 1 saturated carbocycles. The monoisotopic (exact) mass is 353 g/mol. The van der Waals surface area contributed by atoms with Crippen LogP contribution in [-0.4, -0.2) is 34.0 Å². The lowest BCUT2D eigenvalue weighted by molar-refractivity contribution is 0.0917. The molecule has 1 aliphatic heterocycles. The molecule has 2 fully saturated rings. The smallest absolute Gasteiger partial charge is 0.267 e. The Morgan fingerprint density at radius 3 is 2.92 bits per heavy atom. The van der Waals surface area contributed by atoms with Crippen molar-refractivity contribution in [1.29, 1.82) is 5.26 Å². The van der Waals surface area contributed by atoms with Gasteiger partial charge in [-0.3, -0.25) is 4.79 Å². The van der Waals surface area contributed by atoms with Gasteiger partial charge in [-0.05, 0) is 37.5 Å². The van der Waals surface area contributed by atoms with Gasteiger partial charge in [0.1, 0.15) is 11.8 Å². The van der Waals surface area contributed by atoms with Crippen LogP contribution in [0.4, 0.5) is 10.2 Å². The number of halogens is 1. The average Bonchev–Trinajstić information content (AvgIpc) is 3.39. The lowest BCUT2D eigenvalue weighted by atomic mass is 9.88. The molecule has 2 aliphatic rings. The normalized spacial score (nSPS) is 21.1. The van der Waals surface area contributed by atoms with Crippen molar-refractivity contribution in [1.82, 2.24) is 15.3 Å². The molecule has 134 valence electrons. The third-order valence-electron chi connectivity index (χ3n) is 5.65. The van der Waals surface area contributed by atoms with E-state index in [1.165, 1.54) is 12.3 Å². The zero-order valence-electron chi connectivity index (χ0n) is 14.3. The molecule has 1 unspecified atom stereocenters. The highest BCUT2D eigenvalue weighted by Gasteiger charge is 2.52. The molecule has 7 heteroatoms. The first-order valence-electron chi connectivity index (χ1n) is 8.91. The fourth-order valence-corrected chi connectivity index (χ4v) is 4.46. The van der Waals surface area contributed by atoms with Crippen molar-refractivity contribution in [2.45, 2.75) is 43.7 Å². The molecule has 1 amide bonds. The Bertz CT molecular complexity index is 851. The summed E-state index contributed by atoms with van der Waals surface area (Å²) >= 11 is 0. The van der Waals surface area contributed by atoms with E-state index in [-0.39, 0.29) is 28.9 Å². The van der Waals surface area contributed by atoms with Crippen molar-refractivity contribution in [2.75, 3.05) is 11.4 Å². The Hall–Kier alpha value is -2.88. The van der Waals surface area contributed by atoms with E-state index in [1.807, 2.05) is 11.0 Å². The van der Waals surface area contributed by atoms with Crippen LogP contribution in [0.2, 0.25) is 0 Å². The zero-order valence-corrected chi connectivity index (χ0v) is 14.3. The number of pyridine rings is 1. The largest absolute Gasteiger partial charge is 0.357 e. The fraction of sp³-hybridized carbons (Fsp3) is 0.421. The molecule has 1 saturated heterocycles. The molecule has 6 nitrogen and oxygen atoms in total. The van der Waals surface area contributed by atoms with Crippen molar-refractivity contribution in [3.8, 4) is 6.07 Å². The quantitative estimate of drug-likeness (QED) is 0.888. The van der Waals surface area contributed by atoms with Crippen molar-refractivity contribution in [3.05, 3.63) is 47.7 Å². The van der Waals surface area contributed by atoms with E-state index in [0.29, 0.717) is 12.2 Å². The summed E-state index contributed by atoms with van der Waals surface area (Å²) in [6.45, 7) is 0.630. The zero-order chi connectivity index (χ0) is 18.1. The van der Waals surface area contributed by atoms with Gasteiger partial charge in [-0.25, -0.2) is 9.37 Å². The maximum atomic E-state index is 14.6. The molecule has 1 atom stereocenters. The minimum absolute atomic E-state index is 0.0577. The Morgan fingerprint density at radius 2 is 2.27 bits per heavy atom. The number of hydrogen-bond donors (Lipinski definition) is 2. The Labute approximate surface area is 151 Å². The Balaban J connectivity index is 1.63. The molecule has 4 rings (SSSR count). The lowest BCUT2D eigenvalue weighted by Crippen LogP contribution is -2.55. The summed E-state index contributed by atoms with van der Waals surface area (Å²) in [5.74, 6) is -0.337. The highest BCUT2D eigenvalue weighted by molar-refractivity contribution is 5.92. The molecule has 0 bridgehead atoms. The molecule has 26 heavy (non-hydrogen) atoms. The number of nitriles is 1. The maximum absolute atomic E-state index is 14.6. The van der Waals surface area contributed by atoms with Gasteiger partial charge in [0.2, 0.25) is 0 Å². The molecular weight excluding hydrogens is 333 g/mol. The van der Waals surface area contributed by atoms with Gasteiger partial charge in [-0.2, -0.15) is 5.26 Å². The third-order valence-corrected chi connectivity index (χ3v) is 5.65. The molecule has 2 aromatic rings. The van der Waals surface area contributed by atoms with Crippen LogP contribution in [0, 0.1) is 17.1 Å². The number of carbonyl (C=O) groups is 1. The number of nitrogens with one attached hydrogen (secondary N) is 2. The standard InChI is InChI=1S/C19H20FN5O/c20-14-10-13(11-21)12-23-17(14)25-9-5-16(19(25)6-1-2-7-19)24-18(26)15-4-3-8-22-15/h3-4,8,10,12,16,22H,1-2,5-7,9H2,(H,24,26).